The third-order valence-electron chi connectivity index (χ3n) is 6.55. The number of benzene rings is 1. The van der Waals surface area contributed by atoms with Gasteiger partial charge in [-0.05, 0) is 49.3 Å². The second kappa shape index (κ2) is 23.0. The quantitative estimate of drug-likeness (QED) is 0.108. The van der Waals surface area contributed by atoms with E-state index >= 15 is 0 Å². The molecule has 4 nitrogen and oxygen atoms in total. The standard InChI is InChI=1S/C30H52N2O2S2/c1-4-5-6-7-8-9-10-11-12-13-14-15-16-17-18-20-29(33)32-27-25-26(21-22-28(27)36-3)30(34)31-23-19-24-35-2/h21-22,25H,4-20,23-24H2,1-3H3,(H,31,34)(H,32,33). The molecular formula is C30H52N2O2S2. The number of carbonyl (C=O) groups is 2. The number of amides is 2. The van der Waals surface area contributed by atoms with Gasteiger partial charge in [-0.25, -0.2) is 0 Å². The van der Waals surface area contributed by atoms with Crippen molar-refractivity contribution in [1.82, 2.24) is 5.32 Å². The average molecular weight is 537 g/mol. The maximum absolute atomic E-state index is 12.5. The molecule has 0 heterocycles. The van der Waals surface area contributed by atoms with Crippen LogP contribution < -0.4 is 10.6 Å². The Morgan fingerprint density at radius 1 is 0.750 bits per heavy atom. The first-order valence-electron chi connectivity index (χ1n) is 14.4. The number of carbonyl (C=O) groups excluding carboxylic acids is 2. The minimum atomic E-state index is -0.0818. The predicted molar refractivity (Wildman–Crippen MR) is 162 cm³/mol. The van der Waals surface area contributed by atoms with Crippen molar-refractivity contribution in [3.63, 3.8) is 0 Å². The van der Waals surface area contributed by atoms with Crippen LogP contribution in [-0.2, 0) is 4.79 Å². The highest BCUT2D eigenvalue weighted by Crippen LogP contribution is 2.27. The van der Waals surface area contributed by atoms with Crippen molar-refractivity contribution in [2.45, 2.75) is 121 Å². The largest absolute Gasteiger partial charge is 0.352 e. The van der Waals surface area contributed by atoms with Gasteiger partial charge in [0.15, 0.2) is 0 Å². The Bertz CT molecular complexity index is 712. The Morgan fingerprint density at radius 3 is 1.83 bits per heavy atom. The number of anilines is 1. The molecule has 206 valence electrons. The van der Waals surface area contributed by atoms with Gasteiger partial charge in [-0.3, -0.25) is 9.59 Å². The maximum atomic E-state index is 12.5. The lowest BCUT2D eigenvalue weighted by atomic mass is 10.0. The van der Waals surface area contributed by atoms with Gasteiger partial charge in [-0.1, -0.05) is 96.8 Å². The van der Waals surface area contributed by atoms with Crippen LogP contribution in [0.1, 0.15) is 126 Å². The fourth-order valence-corrected chi connectivity index (χ4v) is 5.30. The summed E-state index contributed by atoms with van der Waals surface area (Å²) >= 11 is 3.36. The lowest BCUT2D eigenvalue weighted by molar-refractivity contribution is -0.116. The van der Waals surface area contributed by atoms with E-state index in [9.17, 15) is 9.59 Å². The molecule has 0 aliphatic heterocycles. The molecule has 0 aliphatic carbocycles. The summed E-state index contributed by atoms with van der Waals surface area (Å²) in [5.74, 6) is 0.992. The molecule has 0 saturated heterocycles. The number of rotatable bonds is 23. The third kappa shape index (κ3) is 16.6. The zero-order valence-corrected chi connectivity index (χ0v) is 24.9. The van der Waals surface area contributed by atoms with Crippen LogP contribution in [0.15, 0.2) is 23.1 Å². The van der Waals surface area contributed by atoms with Crippen molar-refractivity contribution in [2.75, 3.05) is 30.1 Å². The van der Waals surface area contributed by atoms with Gasteiger partial charge in [0.05, 0.1) is 5.69 Å². The number of thioether (sulfide) groups is 2. The van der Waals surface area contributed by atoms with Crippen molar-refractivity contribution in [3.8, 4) is 0 Å². The van der Waals surface area contributed by atoms with Crippen molar-refractivity contribution < 1.29 is 9.59 Å². The molecule has 0 radical (unpaired) electrons. The zero-order chi connectivity index (χ0) is 26.3. The molecule has 6 heteroatoms. The topological polar surface area (TPSA) is 58.2 Å². The van der Waals surface area contributed by atoms with E-state index in [-0.39, 0.29) is 11.8 Å². The molecular weight excluding hydrogens is 484 g/mol. The summed E-state index contributed by atoms with van der Waals surface area (Å²) in [7, 11) is 0. The van der Waals surface area contributed by atoms with E-state index in [1.165, 1.54) is 83.5 Å². The molecule has 0 saturated carbocycles. The lowest BCUT2D eigenvalue weighted by Gasteiger charge is -2.12. The first-order chi connectivity index (χ1) is 17.6. The van der Waals surface area contributed by atoms with E-state index < -0.39 is 0 Å². The van der Waals surface area contributed by atoms with Gasteiger partial charge in [0.1, 0.15) is 0 Å². The van der Waals surface area contributed by atoms with Crippen molar-refractivity contribution in [3.05, 3.63) is 23.8 Å². The first-order valence-corrected chi connectivity index (χ1v) is 17.0. The molecule has 1 aromatic rings. The summed E-state index contributed by atoms with van der Waals surface area (Å²) in [6.07, 6.45) is 25.4. The highest BCUT2D eigenvalue weighted by molar-refractivity contribution is 7.98. The van der Waals surface area contributed by atoms with Gasteiger partial charge >= 0.3 is 0 Å². The van der Waals surface area contributed by atoms with Crippen LogP contribution in [-0.4, -0.2) is 36.6 Å². The van der Waals surface area contributed by atoms with E-state index in [2.05, 4.69) is 23.8 Å². The van der Waals surface area contributed by atoms with Crippen molar-refractivity contribution >= 4 is 41.0 Å². The van der Waals surface area contributed by atoms with Crippen LogP contribution in [0.25, 0.3) is 0 Å². The Labute approximate surface area is 230 Å². The normalized spacial score (nSPS) is 11.0. The molecule has 0 spiro atoms. The lowest BCUT2D eigenvalue weighted by Crippen LogP contribution is -2.25. The van der Waals surface area contributed by atoms with Gasteiger partial charge in [0.2, 0.25) is 5.91 Å². The van der Waals surface area contributed by atoms with E-state index in [0.29, 0.717) is 18.5 Å². The molecule has 0 fully saturated rings. The minimum absolute atomic E-state index is 0.0394. The van der Waals surface area contributed by atoms with E-state index in [1.807, 2.05) is 18.4 Å². The zero-order valence-electron chi connectivity index (χ0n) is 23.3. The van der Waals surface area contributed by atoms with Crippen LogP contribution >= 0.6 is 23.5 Å². The number of hydrogen-bond donors (Lipinski definition) is 2. The second-order valence-corrected chi connectivity index (χ2v) is 11.6. The monoisotopic (exact) mass is 536 g/mol. The van der Waals surface area contributed by atoms with Gasteiger partial charge in [-0.15, -0.1) is 11.8 Å². The smallest absolute Gasteiger partial charge is 0.251 e. The van der Waals surface area contributed by atoms with Crippen molar-refractivity contribution in [2.24, 2.45) is 0 Å². The van der Waals surface area contributed by atoms with Crippen LogP contribution in [0, 0.1) is 0 Å². The molecule has 0 bridgehead atoms. The molecule has 0 aromatic heterocycles. The first kappa shape index (κ1) is 32.9. The van der Waals surface area contributed by atoms with Crippen molar-refractivity contribution in [1.29, 1.82) is 0 Å². The Morgan fingerprint density at radius 2 is 1.31 bits per heavy atom. The molecule has 1 aromatic carbocycles. The molecule has 1 rings (SSSR count). The summed E-state index contributed by atoms with van der Waals surface area (Å²) in [4.78, 5) is 25.9. The predicted octanol–water partition coefficient (Wildman–Crippen LogP) is 9.09. The molecule has 0 unspecified atom stereocenters. The van der Waals surface area contributed by atoms with Gasteiger partial charge in [-0.2, -0.15) is 11.8 Å². The Balaban J connectivity index is 2.15. The second-order valence-electron chi connectivity index (χ2n) is 9.77. The minimum Gasteiger partial charge on any atom is -0.352 e. The average Bonchev–Trinajstić information content (AvgIpc) is 2.88. The fraction of sp³-hybridized carbons (Fsp3) is 0.733. The van der Waals surface area contributed by atoms with Gasteiger partial charge in [0.25, 0.3) is 5.91 Å². The van der Waals surface area contributed by atoms with Gasteiger partial charge in [0, 0.05) is 23.4 Å². The van der Waals surface area contributed by atoms with Crippen LogP contribution in [0.4, 0.5) is 5.69 Å². The Kier molecular flexibility index (Phi) is 21.0. The van der Waals surface area contributed by atoms with Crippen LogP contribution in [0.5, 0.6) is 0 Å². The molecule has 36 heavy (non-hydrogen) atoms. The maximum Gasteiger partial charge on any atom is 0.251 e. The van der Waals surface area contributed by atoms with Crippen LogP contribution in [0.3, 0.4) is 0 Å². The molecule has 2 N–H and O–H groups in total. The fourth-order valence-electron chi connectivity index (χ4n) is 4.34. The molecule has 0 atom stereocenters. The molecule has 2 amide bonds. The number of hydrogen-bond acceptors (Lipinski definition) is 4. The SMILES string of the molecule is CCCCCCCCCCCCCCCCCC(=O)Nc1cc(C(=O)NCCCSC)ccc1SC. The highest BCUT2D eigenvalue weighted by Gasteiger charge is 2.11. The van der Waals surface area contributed by atoms with Gasteiger partial charge < -0.3 is 10.6 Å². The number of unbranched alkanes of at least 4 members (excludes halogenated alkanes) is 14. The summed E-state index contributed by atoms with van der Waals surface area (Å²) in [5, 5.41) is 6.00. The molecule has 0 aliphatic rings. The van der Waals surface area contributed by atoms with Crippen LogP contribution in [0.2, 0.25) is 0 Å². The highest BCUT2D eigenvalue weighted by atomic mass is 32.2. The van der Waals surface area contributed by atoms with E-state index in [1.54, 1.807) is 29.6 Å². The summed E-state index contributed by atoms with van der Waals surface area (Å²) in [5.41, 5.74) is 1.34. The Hall–Kier alpha value is -1.14. The number of nitrogens with one attached hydrogen (secondary N) is 2. The summed E-state index contributed by atoms with van der Waals surface area (Å²) in [6, 6.07) is 5.56. The summed E-state index contributed by atoms with van der Waals surface area (Å²) in [6.45, 7) is 2.95. The summed E-state index contributed by atoms with van der Waals surface area (Å²) < 4.78 is 0. The third-order valence-corrected chi connectivity index (χ3v) is 8.05. The van der Waals surface area contributed by atoms with E-state index in [4.69, 9.17) is 0 Å². The van der Waals surface area contributed by atoms with E-state index in [0.717, 1.165) is 35.6 Å².